The summed E-state index contributed by atoms with van der Waals surface area (Å²) in [4.78, 5) is 0. The zero-order valence-corrected chi connectivity index (χ0v) is 13.0. The first-order chi connectivity index (χ1) is 10.2. The van der Waals surface area contributed by atoms with Gasteiger partial charge in [0.05, 0.1) is 18.0 Å². The molecule has 3 N–H and O–H groups in total. The highest BCUT2D eigenvalue weighted by atomic mass is 16.3. The SMILES string of the molecule is CCC(C)c1cccc(CO)c1Nc1ccccc1NC. The Kier molecular flexibility index (Phi) is 5.23. The maximum absolute atomic E-state index is 9.65. The predicted octanol–water partition coefficient (Wildman–Crippen LogP) is 4.48. The van der Waals surface area contributed by atoms with Crippen LogP contribution in [-0.4, -0.2) is 12.2 Å². The maximum atomic E-state index is 9.65. The van der Waals surface area contributed by atoms with E-state index in [-0.39, 0.29) is 6.61 Å². The summed E-state index contributed by atoms with van der Waals surface area (Å²) in [6, 6.07) is 14.2. The fourth-order valence-electron chi connectivity index (χ4n) is 2.48. The second-order valence-electron chi connectivity index (χ2n) is 5.27. The number of nitrogens with one attached hydrogen (secondary N) is 2. The largest absolute Gasteiger partial charge is 0.392 e. The van der Waals surface area contributed by atoms with Gasteiger partial charge in [-0.25, -0.2) is 0 Å². The molecule has 0 heterocycles. The van der Waals surface area contributed by atoms with Gasteiger partial charge in [0.25, 0.3) is 0 Å². The summed E-state index contributed by atoms with van der Waals surface area (Å²) >= 11 is 0. The van der Waals surface area contributed by atoms with Crippen molar-refractivity contribution in [1.29, 1.82) is 0 Å². The summed E-state index contributed by atoms with van der Waals surface area (Å²) in [6.45, 7) is 4.43. The molecule has 112 valence electrons. The molecular formula is C18H24N2O. The van der Waals surface area contributed by atoms with Crippen molar-refractivity contribution in [2.45, 2.75) is 32.8 Å². The second kappa shape index (κ2) is 7.14. The summed E-state index contributed by atoms with van der Waals surface area (Å²) < 4.78 is 0. The molecule has 1 unspecified atom stereocenters. The summed E-state index contributed by atoms with van der Waals surface area (Å²) in [7, 11) is 1.91. The highest BCUT2D eigenvalue weighted by molar-refractivity contribution is 5.77. The second-order valence-corrected chi connectivity index (χ2v) is 5.27. The molecule has 0 radical (unpaired) electrons. The van der Waals surface area contributed by atoms with Crippen LogP contribution in [0.2, 0.25) is 0 Å². The van der Waals surface area contributed by atoms with Crippen molar-refractivity contribution in [3.63, 3.8) is 0 Å². The lowest BCUT2D eigenvalue weighted by Gasteiger charge is -2.21. The monoisotopic (exact) mass is 284 g/mol. The molecule has 0 saturated carbocycles. The minimum absolute atomic E-state index is 0.0360. The van der Waals surface area contributed by atoms with E-state index in [0.29, 0.717) is 5.92 Å². The highest BCUT2D eigenvalue weighted by Crippen LogP contribution is 2.34. The van der Waals surface area contributed by atoms with Crippen LogP contribution >= 0.6 is 0 Å². The van der Waals surface area contributed by atoms with E-state index in [0.717, 1.165) is 29.0 Å². The van der Waals surface area contributed by atoms with Gasteiger partial charge in [0.2, 0.25) is 0 Å². The first kappa shape index (κ1) is 15.4. The van der Waals surface area contributed by atoms with Crippen LogP contribution in [-0.2, 0) is 6.61 Å². The van der Waals surface area contributed by atoms with Crippen LogP contribution in [0.25, 0.3) is 0 Å². The zero-order chi connectivity index (χ0) is 15.2. The molecule has 0 aliphatic rings. The van der Waals surface area contributed by atoms with Crippen molar-refractivity contribution in [3.05, 3.63) is 53.6 Å². The van der Waals surface area contributed by atoms with Crippen LogP contribution in [0.15, 0.2) is 42.5 Å². The van der Waals surface area contributed by atoms with Crippen LogP contribution in [0.4, 0.5) is 17.1 Å². The van der Waals surface area contributed by atoms with E-state index in [1.54, 1.807) is 0 Å². The number of hydrogen-bond acceptors (Lipinski definition) is 3. The van der Waals surface area contributed by atoms with Crippen molar-refractivity contribution in [2.24, 2.45) is 0 Å². The van der Waals surface area contributed by atoms with Crippen LogP contribution in [0.1, 0.15) is 37.3 Å². The Bertz CT molecular complexity index is 596. The number of rotatable bonds is 6. The molecule has 0 aliphatic heterocycles. The highest BCUT2D eigenvalue weighted by Gasteiger charge is 2.13. The smallest absolute Gasteiger partial charge is 0.0702 e. The Morgan fingerprint density at radius 1 is 1.05 bits per heavy atom. The Morgan fingerprint density at radius 3 is 2.38 bits per heavy atom. The third-order valence-electron chi connectivity index (χ3n) is 3.95. The first-order valence-electron chi connectivity index (χ1n) is 7.47. The summed E-state index contributed by atoms with van der Waals surface area (Å²) in [6.07, 6.45) is 1.07. The number of para-hydroxylation sites is 3. The molecule has 3 heteroatoms. The fraction of sp³-hybridized carbons (Fsp3) is 0.333. The number of aliphatic hydroxyl groups excluding tert-OH is 1. The Labute approximate surface area is 127 Å². The van der Waals surface area contributed by atoms with E-state index >= 15 is 0 Å². The molecule has 2 rings (SSSR count). The van der Waals surface area contributed by atoms with Gasteiger partial charge in [-0.3, -0.25) is 0 Å². The molecule has 2 aromatic carbocycles. The van der Waals surface area contributed by atoms with Crippen molar-refractivity contribution >= 4 is 17.1 Å². The van der Waals surface area contributed by atoms with Gasteiger partial charge in [-0.2, -0.15) is 0 Å². The summed E-state index contributed by atoms with van der Waals surface area (Å²) in [5.74, 6) is 0.445. The van der Waals surface area contributed by atoms with Gasteiger partial charge in [0.15, 0.2) is 0 Å². The summed E-state index contributed by atoms with van der Waals surface area (Å²) in [5.41, 5.74) is 5.26. The van der Waals surface area contributed by atoms with E-state index in [2.05, 4.69) is 30.5 Å². The lowest BCUT2D eigenvalue weighted by molar-refractivity contribution is 0.282. The van der Waals surface area contributed by atoms with Gasteiger partial charge in [-0.1, -0.05) is 44.2 Å². The molecule has 0 aliphatic carbocycles. The van der Waals surface area contributed by atoms with E-state index in [4.69, 9.17) is 0 Å². The average Bonchev–Trinajstić information content (AvgIpc) is 2.54. The molecule has 1 atom stereocenters. The van der Waals surface area contributed by atoms with Gasteiger partial charge in [0.1, 0.15) is 0 Å². The minimum Gasteiger partial charge on any atom is -0.392 e. The molecule has 2 aromatic rings. The average molecular weight is 284 g/mol. The van der Waals surface area contributed by atoms with Gasteiger partial charge in [0, 0.05) is 18.3 Å². The minimum atomic E-state index is 0.0360. The summed E-state index contributed by atoms with van der Waals surface area (Å²) in [5, 5.41) is 16.3. The Morgan fingerprint density at radius 2 is 1.76 bits per heavy atom. The lowest BCUT2D eigenvalue weighted by atomic mass is 9.94. The molecule has 0 amide bonds. The number of aliphatic hydroxyl groups is 1. The number of anilines is 3. The van der Waals surface area contributed by atoms with Crippen LogP contribution in [0.5, 0.6) is 0 Å². The third-order valence-corrected chi connectivity index (χ3v) is 3.95. The molecular weight excluding hydrogens is 260 g/mol. The predicted molar refractivity (Wildman–Crippen MR) is 90.3 cm³/mol. The van der Waals surface area contributed by atoms with E-state index in [1.165, 1.54) is 5.56 Å². The van der Waals surface area contributed by atoms with Gasteiger partial charge >= 0.3 is 0 Å². The fourth-order valence-corrected chi connectivity index (χ4v) is 2.48. The molecule has 0 saturated heterocycles. The zero-order valence-electron chi connectivity index (χ0n) is 13.0. The Hall–Kier alpha value is -2.00. The molecule has 21 heavy (non-hydrogen) atoms. The topological polar surface area (TPSA) is 44.3 Å². The van der Waals surface area contributed by atoms with Crippen LogP contribution in [0, 0.1) is 0 Å². The molecule has 0 fully saturated rings. The normalized spacial score (nSPS) is 12.0. The van der Waals surface area contributed by atoms with Crippen LogP contribution < -0.4 is 10.6 Å². The molecule has 0 bridgehead atoms. The number of hydrogen-bond donors (Lipinski definition) is 3. The number of benzene rings is 2. The molecule has 0 aromatic heterocycles. The van der Waals surface area contributed by atoms with Gasteiger partial charge < -0.3 is 15.7 Å². The van der Waals surface area contributed by atoms with E-state index in [1.807, 2.05) is 43.4 Å². The van der Waals surface area contributed by atoms with Crippen molar-refractivity contribution < 1.29 is 5.11 Å². The Balaban J connectivity index is 2.46. The quantitative estimate of drug-likeness (QED) is 0.733. The van der Waals surface area contributed by atoms with Crippen molar-refractivity contribution in [1.82, 2.24) is 0 Å². The van der Waals surface area contributed by atoms with Crippen LogP contribution in [0.3, 0.4) is 0 Å². The molecule has 0 spiro atoms. The maximum Gasteiger partial charge on any atom is 0.0702 e. The van der Waals surface area contributed by atoms with Gasteiger partial charge in [-0.15, -0.1) is 0 Å². The first-order valence-corrected chi connectivity index (χ1v) is 7.47. The van der Waals surface area contributed by atoms with Crippen molar-refractivity contribution in [2.75, 3.05) is 17.7 Å². The van der Waals surface area contributed by atoms with Gasteiger partial charge in [-0.05, 0) is 30.0 Å². The van der Waals surface area contributed by atoms with E-state index < -0.39 is 0 Å². The lowest BCUT2D eigenvalue weighted by Crippen LogP contribution is -2.05. The van der Waals surface area contributed by atoms with Crippen molar-refractivity contribution in [3.8, 4) is 0 Å². The molecule has 3 nitrogen and oxygen atoms in total. The van der Waals surface area contributed by atoms with E-state index in [9.17, 15) is 5.11 Å². The third kappa shape index (κ3) is 3.37. The standard InChI is InChI=1S/C18H24N2O/c1-4-13(2)15-9-7-8-14(12-21)18(15)20-17-11-6-5-10-16(17)19-3/h5-11,13,19-21H,4,12H2,1-3H3.